The minimum atomic E-state index is 0.118. The minimum Gasteiger partial charge on any atom is -0.378 e. The average molecular weight is 335 g/mol. The number of rotatable bonds is 4. The van der Waals surface area contributed by atoms with Gasteiger partial charge in [0, 0.05) is 0 Å². The van der Waals surface area contributed by atoms with E-state index in [1.807, 2.05) is 0 Å². The van der Waals surface area contributed by atoms with Crippen molar-refractivity contribution in [3.05, 3.63) is 46.8 Å². The van der Waals surface area contributed by atoms with E-state index >= 15 is 0 Å². The molecule has 0 spiro atoms. The fourth-order valence-electron chi connectivity index (χ4n) is 2.08. The maximum atomic E-state index is 8.77. The molecule has 2 heterocycles. The lowest BCUT2D eigenvalue weighted by atomic mass is 10.2. The fraction of sp³-hybridized carbons (Fsp3) is 0.133. The van der Waals surface area contributed by atoms with Crippen LogP contribution in [0.1, 0.15) is 29.4 Å². The van der Waals surface area contributed by atoms with Crippen molar-refractivity contribution in [3.8, 4) is 11.9 Å². The van der Waals surface area contributed by atoms with Gasteiger partial charge in [-0.1, -0.05) is 17.3 Å². The number of nitriles is 1. The van der Waals surface area contributed by atoms with E-state index in [4.69, 9.17) is 11.0 Å². The lowest BCUT2D eigenvalue weighted by molar-refractivity contribution is 0.306. The van der Waals surface area contributed by atoms with E-state index < -0.39 is 0 Å². The highest BCUT2D eigenvalue weighted by Gasteiger charge is 2.17. The quantitative estimate of drug-likeness (QED) is 0.558. The number of hydrogen-bond acceptors (Lipinski definition) is 9. The first-order chi connectivity index (χ1) is 12.1. The molecule has 1 aromatic carbocycles. The summed E-state index contributed by atoms with van der Waals surface area (Å²) in [4.78, 5) is 0. The zero-order valence-corrected chi connectivity index (χ0v) is 13.5. The summed E-state index contributed by atoms with van der Waals surface area (Å²) in [6.07, 6.45) is 1.59. The molecule has 0 saturated carbocycles. The maximum Gasteiger partial charge on any atom is 0.243 e. The molecule has 0 atom stereocenters. The minimum absolute atomic E-state index is 0.118. The van der Waals surface area contributed by atoms with Gasteiger partial charge in [-0.05, 0) is 41.9 Å². The van der Waals surface area contributed by atoms with Crippen LogP contribution in [-0.4, -0.2) is 37.2 Å². The molecule has 2 N–H and O–H groups in total. The Balaban J connectivity index is 1.81. The molecule has 10 nitrogen and oxygen atoms in total. The third-order valence-electron chi connectivity index (χ3n) is 3.39. The normalized spacial score (nSPS) is 11.8. The molecule has 0 unspecified atom stereocenters. The molecule has 0 saturated heterocycles. The van der Waals surface area contributed by atoms with Gasteiger partial charge in [-0.2, -0.15) is 20.1 Å². The summed E-state index contributed by atoms with van der Waals surface area (Å²) in [6.45, 7) is 3.56. The SMILES string of the molecule is C/C(=N\N=C\c1ccc(C#N)cc1)c1nnn(-c2nonc2N)c1C. The van der Waals surface area contributed by atoms with Crippen LogP contribution in [0.4, 0.5) is 5.82 Å². The highest BCUT2D eigenvalue weighted by atomic mass is 16.6. The highest BCUT2D eigenvalue weighted by molar-refractivity contribution is 5.98. The van der Waals surface area contributed by atoms with Gasteiger partial charge < -0.3 is 5.73 Å². The van der Waals surface area contributed by atoms with Crippen LogP contribution in [0.15, 0.2) is 39.1 Å². The summed E-state index contributed by atoms with van der Waals surface area (Å²) < 4.78 is 5.99. The van der Waals surface area contributed by atoms with Crippen LogP contribution in [-0.2, 0) is 0 Å². The van der Waals surface area contributed by atoms with Gasteiger partial charge in [-0.15, -0.1) is 5.10 Å². The molecule has 3 aromatic rings. The molecule has 0 aliphatic rings. The van der Waals surface area contributed by atoms with Crippen LogP contribution in [0.3, 0.4) is 0 Å². The maximum absolute atomic E-state index is 8.77. The number of aromatic nitrogens is 5. The highest BCUT2D eigenvalue weighted by Crippen LogP contribution is 2.15. The van der Waals surface area contributed by atoms with E-state index in [1.165, 1.54) is 4.68 Å². The van der Waals surface area contributed by atoms with Crippen molar-refractivity contribution < 1.29 is 4.63 Å². The smallest absolute Gasteiger partial charge is 0.243 e. The Hall–Kier alpha value is -3.87. The zero-order valence-electron chi connectivity index (χ0n) is 13.5. The Morgan fingerprint density at radius 2 is 2.08 bits per heavy atom. The molecule has 0 aliphatic heterocycles. The summed E-state index contributed by atoms with van der Waals surface area (Å²) in [5, 5.41) is 32.2. The molecular weight excluding hydrogens is 322 g/mol. The van der Waals surface area contributed by atoms with Gasteiger partial charge in [0.2, 0.25) is 11.6 Å². The molecule has 25 heavy (non-hydrogen) atoms. The predicted octanol–water partition coefficient (Wildman–Crippen LogP) is 1.26. The second-order valence-corrected chi connectivity index (χ2v) is 5.07. The first-order valence-corrected chi connectivity index (χ1v) is 7.19. The number of hydrogen-bond donors (Lipinski definition) is 1. The van der Waals surface area contributed by atoms with E-state index in [0.717, 1.165) is 5.56 Å². The molecular formula is C15H13N9O. The van der Waals surface area contributed by atoms with Gasteiger partial charge >= 0.3 is 0 Å². The van der Waals surface area contributed by atoms with Crippen molar-refractivity contribution in [1.29, 1.82) is 5.26 Å². The first-order valence-electron chi connectivity index (χ1n) is 7.19. The van der Waals surface area contributed by atoms with Crippen LogP contribution in [0.25, 0.3) is 5.82 Å². The zero-order chi connectivity index (χ0) is 17.8. The first kappa shape index (κ1) is 16.0. The molecule has 10 heteroatoms. The Labute approximate surface area is 142 Å². The monoisotopic (exact) mass is 335 g/mol. The number of nitrogens with two attached hydrogens (primary N) is 1. The molecule has 3 rings (SSSR count). The number of nitrogens with zero attached hydrogens (tertiary/aromatic N) is 8. The second-order valence-electron chi connectivity index (χ2n) is 5.07. The van der Waals surface area contributed by atoms with E-state index in [2.05, 4.69) is 41.5 Å². The van der Waals surface area contributed by atoms with E-state index in [-0.39, 0.29) is 11.6 Å². The Morgan fingerprint density at radius 1 is 1.32 bits per heavy atom. The summed E-state index contributed by atoms with van der Waals surface area (Å²) in [5.41, 5.74) is 8.89. The molecule has 2 aromatic heterocycles. The van der Waals surface area contributed by atoms with Gasteiger partial charge in [-0.3, -0.25) is 0 Å². The number of benzene rings is 1. The fourth-order valence-corrected chi connectivity index (χ4v) is 2.08. The van der Waals surface area contributed by atoms with Crippen molar-refractivity contribution in [2.24, 2.45) is 10.2 Å². The van der Waals surface area contributed by atoms with Crippen molar-refractivity contribution in [3.63, 3.8) is 0 Å². The van der Waals surface area contributed by atoms with Gasteiger partial charge in [0.05, 0.1) is 29.3 Å². The third kappa shape index (κ3) is 3.25. The predicted molar refractivity (Wildman–Crippen MR) is 89.3 cm³/mol. The van der Waals surface area contributed by atoms with Crippen LogP contribution in [0.5, 0.6) is 0 Å². The third-order valence-corrected chi connectivity index (χ3v) is 3.39. The largest absolute Gasteiger partial charge is 0.378 e. The number of nitrogen functional groups attached to an aromatic ring is 1. The number of anilines is 1. The molecule has 0 amide bonds. The van der Waals surface area contributed by atoms with Gasteiger partial charge in [0.15, 0.2) is 0 Å². The van der Waals surface area contributed by atoms with Crippen molar-refractivity contribution in [1.82, 2.24) is 25.3 Å². The standard InChI is InChI=1S/C15H13N9O/c1-9(19-18-8-12-5-3-11(7-16)4-6-12)13-10(2)24(23-20-13)15-14(17)21-25-22-15/h3-6,8H,1-2H3,(H2,17,21)/b18-8+,19-9+. The lowest BCUT2D eigenvalue weighted by Crippen LogP contribution is -2.04. The van der Waals surface area contributed by atoms with Crippen molar-refractivity contribution in [2.45, 2.75) is 13.8 Å². The molecule has 0 radical (unpaired) electrons. The Kier molecular flexibility index (Phi) is 4.30. The van der Waals surface area contributed by atoms with Gasteiger partial charge in [0.1, 0.15) is 5.69 Å². The molecule has 0 bridgehead atoms. The van der Waals surface area contributed by atoms with Gasteiger partial charge in [0.25, 0.3) is 0 Å². The Morgan fingerprint density at radius 3 is 2.72 bits per heavy atom. The van der Waals surface area contributed by atoms with Crippen LogP contribution in [0, 0.1) is 18.3 Å². The average Bonchev–Trinajstić information content (AvgIpc) is 3.20. The lowest BCUT2D eigenvalue weighted by Gasteiger charge is -1.98. The van der Waals surface area contributed by atoms with Crippen LogP contribution >= 0.6 is 0 Å². The van der Waals surface area contributed by atoms with E-state index in [9.17, 15) is 0 Å². The van der Waals surface area contributed by atoms with Crippen molar-refractivity contribution in [2.75, 3.05) is 5.73 Å². The topological polar surface area (TPSA) is 144 Å². The molecule has 0 aliphatic carbocycles. The molecule has 0 fully saturated rings. The summed E-state index contributed by atoms with van der Waals surface area (Å²) in [7, 11) is 0. The summed E-state index contributed by atoms with van der Waals surface area (Å²) in [6, 6.07) is 9.06. The van der Waals surface area contributed by atoms with Gasteiger partial charge in [-0.25, -0.2) is 4.63 Å². The van der Waals surface area contributed by atoms with Crippen molar-refractivity contribution >= 4 is 17.7 Å². The van der Waals surface area contributed by atoms with Crippen LogP contribution < -0.4 is 5.73 Å². The summed E-state index contributed by atoms with van der Waals surface area (Å²) in [5.74, 6) is 0.387. The second kappa shape index (κ2) is 6.71. The molecule has 124 valence electrons. The Bertz CT molecular complexity index is 989. The summed E-state index contributed by atoms with van der Waals surface area (Å²) >= 11 is 0. The van der Waals surface area contributed by atoms with E-state index in [1.54, 1.807) is 44.3 Å². The van der Waals surface area contributed by atoms with E-state index in [0.29, 0.717) is 22.7 Å². The van der Waals surface area contributed by atoms with Crippen LogP contribution in [0.2, 0.25) is 0 Å².